The van der Waals surface area contributed by atoms with E-state index < -0.39 is 16.1 Å². The minimum atomic E-state index is -0.567. The lowest BCUT2D eigenvalue weighted by Crippen LogP contribution is -2.45. The van der Waals surface area contributed by atoms with Gasteiger partial charge in [0.05, 0.1) is 28.6 Å². The highest BCUT2D eigenvalue weighted by atomic mass is 32.2. The van der Waals surface area contributed by atoms with E-state index in [0.29, 0.717) is 24.8 Å². The van der Waals surface area contributed by atoms with E-state index in [0.717, 1.165) is 29.5 Å². The molecule has 0 bridgehead atoms. The fourth-order valence-electron chi connectivity index (χ4n) is 3.83. The Balaban J connectivity index is 1.49. The zero-order chi connectivity index (χ0) is 24.4. The van der Waals surface area contributed by atoms with E-state index in [-0.39, 0.29) is 40.1 Å². The number of imide groups is 1. The number of furan rings is 1. The smallest absolute Gasteiger partial charge is 0.294 e. The van der Waals surface area contributed by atoms with Gasteiger partial charge in [0.1, 0.15) is 23.8 Å². The highest BCUT2D eigenvalue weighted by molar-refractivity contribution is 8.18. The minimum Gasteiger partial charge on any atom is -0.497 e. The Morgan fingerprint density at radius 1 is 1.26 bits per heavy atom. The SMILES string of the molecule is COc1ccc(-c2ccc(/C=C3/SC(=O)N(CC(=O)N4CCC(C)CC4)C3=O)o2)c([N+](=O)[O-])c1. The molecule has 0 spiro atoms. The molecule has 0 radical (unpaired) electrons. The van der Waals surface area contributed by atoms with Crippen LogP contribution >= 0.6 is 11.8 Å². The Morgan fingerprint density at radius 3 is 2.68 bits per heavy atom. The summed E-state index contributed by atoms with van der Waals surface area (Å²) in [5, 5.41) is 10.9. The van der Waals surface area contributed by atoms with E-state index in [1.807, 2.05) is 0 Å². The molecule has 2 aliphatic rings. The van der Waals surface area contributed by atoms with Gasteiger partial charge in [0.2, 0.25) is 5.91 Å². The highest BCUT2D eigenvalue weighted by Gasteiger charge is 2.37. The van der Waals surface area contributed by atoms with Crippen molar-refractivity contribution in [3.05, 3.63) is 51.1 Å². The van der Waals surface area contributed by atoms with Crippen molar-refractivity contribution >= 4 is 40.6 Å². The van der Waals surface area contributed by atoms with E-state index >= 15 is 0 Å². The molecule has 178 valence electrons. The maximum Gasteiger partial charge on any atom is 0.294 e. The molecular formula is C23H23N3O7S. The number of ether oxygens (including phenoxy) is 1. The number of hydrogen-bond donors (Lipinski definition) is 0. The van der Waals surface area contributed by atoms with Crippen molar-refractivity contribution in [2.45, 2.75) is 19.8 Å². The van der Waals surface area contributed by atoms with Gasteiger partial charge in [-0.1, -0.05) is 6.92 Å². The third-order valence-electron chi connectivity index (χ3n) is 5.87. The summed E-state index contributed by atoms with van der Waals surface area (Å²) in [5.74, 6) is 0.562. The van der Waals surface area contributed by atoms with Crippen LogP contribution in [-0.2, 0) is 9.59 Å². The summed E-state index contributed by atoms with van der Waals surface area (Å²) in [6.07, 6.45) is 3.21. The normalized spacial score (nSPS) is 18.1. The van der Waals surface area contributed by atoms with Gasteiger partial charge in [0, 0.05) is 19.2 Å². The van der Waals surface area contributed by atoms with Crippen LogP contribution in [0.3, 0.4) is 0 Å². The average molecular weight is 486 g/mol. The molecule has 3 heterocycles. The second-order valence-corrected chi connectivity index (χ2v) is 9.17. The molecule has 0 aliphatic carbocycles. The van der Waals surface area contributed by atoms with Gasteiger partial charge in [-0.2, -0.15) is 0 Å². The third kappa shape index (κ3) is 4.84. The van der Waals surface area contributed by atoms with Crippen molar-refractivity contribution in [2.75, 3.05) is 26.7 Å². The van der Waals surface area contributed by atoms with Crippen LogP contribution in [0.5, 0.6) is 5.75 Å². The van der Waals surface area contributed by atoms with Crippen LogP contribution in [0.2, 0.25) is 0 Å². The number of rotatable bonds is 6. The molecule has 2 aliphatic heterocycles. The number of nitro benzene ring substituents is 1. The standard InChI is InChI=1S/C23H23N3O7S/c1-14-7-9-24(10-8-14)21(27)13-25-22(28)20(34-23(25)29)12-16-4-6-19(33-16)17-5-3-15(32-2)11-18(17)26(30)31/h3-6,11-12,14H,7-10,13H2,1-2H3/b20-12+. The molecule has 0 saturated carbocycles. The van der Waals surface area contributed by atoms with Crippen LogP contribution in [0.15, 0.2) is 39.7 Å². The zero-order valence-corrected chi connectivity index (χ0v) is 19.5. The van der Waals surface area contributed by atoms with Crippen molar-refractivity contribution in [1.29, 1.82) is 0 Å². The van der Waals surface area contributed by atoms with Gasteiger partial charge in [-0.15, -0.1) is 0 Å². The third-order valence-corrected chi connectivity index (χ3v) is 6.78. The summed E-state index contributed by atoms with van der Waals surface area (Å²) < 4.78 is 10.8. The van der Waals surface area contributed by atoms with Crippen molar-refractivity contribution in [3.8, 4) is 17.1 Å². The van der Waals surface area contributed by atoms with E-state index in [4.69, 9.17) is 9.15 Å². The van der Waals surface area contributed by atoms with Gasteiger partial charge in [0.15, 0.2) is 0 Å². The quantitative estimate of drug-likeness (QED) is 0.339. The molecule has 3 amide bonds. The van der Waals surface area contributed by atoms with E-state index in [1.54, 1.807) is 23.1 Å². The maximum absolute atomic E-state index is 12.8. The van der Waals surface area contributed by atoms with Crippen molar-refractivity contribution in [1.82, 2.24) is 9.80 Å². The molecular weight excluding hydrogens is 462 g/mol. The molecule has 34 heavy (non-hydrogen) atoms. The zero-order valence-electron chi connectivity index (χ0n) is 18.7. The van der Waals surface area contributed by atoms with Crippen LogP contribution in [0.4, 0.5) is 10.5 Å². The first kappa shape index (κ1) is 23.6. The fraction of sp³-hybridized carbons (Fsp3) is 0.348. The second-order valence-electron chi connectivity index (χ2n) is 8.17. The molecule has 2 aromatic rings. The Bertz CT molecular complexity index is 1180. The second kappa shape index (κ2) is 9.72. The van der Waals surface area contributed by atoms with Crippen molar-refractivity contribution in [2.24, 2.45) is 5.92 Å². The lowest BCUT2D eigenvalue weighted by atomic mass is 9.99. The molecule has 0 N–H and O–H groups in total. The first-order chi connectivity index (χ1) is 16.3. The number of amides is 3. The Morgan fingerprint density at radius 2 is 2.00 bits per heavy atom. The van der Waals surface area contributed by atoms with Crippen LogP contribution in [-0.4, -0.2) is 58.5 Å². The predicted molar refractivity (Wildman–Crippen MR) is 125 cm³/mol. The molecule has 2 saturated heterocycles. The van der Waals surface area contributed by atoms with Gasteiger partial charge in [0.25, 0.3) is 16.8 Å². The number of likely N-dealkylation sites (tertiary alicyclic amines) is 1. The van der Waals surface area contributed by atoms with E-state index in [1.165, 1.54) is 25.3 Å². The highest BCUT2D eigenvalue weighted by Crippen LogP contribution is 2.36. The van der Waals surface area contributed by atoms with Crippen LogP contribution in [0, 0.1) is 16.0 Å². The number of methoxy groups -OCH3 is 1. The molecule has 1 aromatic heterocycles. The predicted octanol–water partition coefficient (Wildman–Crippen LogP) is 4.16. The summed E-state index contributed by atoms with van der Waals surface area (Å²) in [7, 11) is 1.41. The number of piperidine rings is 1. The number of nitrogens with zero attached hydrogens (tertiary/aromatic N) is 3. The molecule has 11 heteroatoms. The van der Waals surface area contributed by atoms with Crippen LogP contribution < -0.4 is 4.74 Å². The lowest BCUT2D eigenvalue weighted by molar-refractivity contribution is -0.384. The number of thioether (sulfide) groups is 1. The van der Waals surface area contributed by atoms with Gasteiger partial charge in [-0.25, -0.2) is 0 Å². The molecule has 4 rings (SSSR count). The number of carbonyl (C=O) groups is 3. The van der Waals surface area contributed by atoms with Crippen molar-refractivity contribution < 1.29 is 28.5 Å². The molecule has 0 unspecified atom stereocenters. The Labute approximate surface area is 199 Å². The summed E-state index contributed by atoms with van der Waals surface area (Å²) in [5.41, 5.74) is 0.0613. The topological polar surface area (TPSA) is 123 Å². The van der Waals surface area contributed by atoms with Crippen LogP contribution in [0.1, 0.15) is 25.5 Å². The number of carbonyl (C=O) groups excluding carboxylic acids is 3. The maximum atomic E-state index is 12.8. The van der Waals surface area contributed by atoms with Gasteiger partial charge in [-0.05, 0) is 54.8 Å². The fourth-order valence-corrected chi connectivity index (χ4v) is 4.65. The average Bonchev–Trinajstić information content (AvgIpc) is 3.39. The van der Waals surface area contributed by atoms with Gasteiger partial charge < -0.3 is 14.1 Å². The monoisotopic (exact) mass is 485 g/mol. The summed E-state index contributed by atoms with van der Waals surface area (Å²) in [6, 6.07) is 7.49. The van der Waals surface area contributed by atoms with E-state index in [2.05, 4.69) is 6.92 Å². The number of nitro groups is 1. The van der Waals surface area contributed by atoms with E-state index in [9.17, 15) is 24.5 Å². The first-order valence-electron chi connectivity index (χ1n) is 10.7. The minimum absolute atomic E-state index is 0.121. The molecule has 2 fully saturated rings. The van der Waals surface area contributed by atoms with Crippen molar-refractivity contribution in [3.63, 3.8) is 0 Å². The largest absolute Gasteiger partial charge is 0.497 e. The lowest BCUT2D eigenvalue weighted by Gasteiger charge is -2.31. The summed E-state index contributed by atoms with van der Waals surface area (Å²) >= 11 is 0.727. The van der Waals surface area contributed by atoms with Gasteiger partial charge >= 0.3 is 0 Å². The first-order valence-corrected chi connectivity index (χ1v) is 11.5. The summed E-state index contributed by atoms with van der Waals surface area (Å²) in [6.45, 7) is 3.09. The Hall–Kier alpha value is -3.60. The van der Waals surface area contributed by atoms with Gasteiger partial charge in [-0.3, -0.25) is 29.4 Å². The number of benzene rings is 1. The Kier molecular flexibility index (Phi) is 6.73. The summed E-state index contributed by atoms with van der Waals surface area (Å²) in [4.78, 5) is 51.4. The molecule has 0 atom stereocenters. The molecule has 10 nitrogen and oxygen atoms in total. The van der Waals surface area contributed by atoms with Crippen LogP contribution in [0.25, 0.3) is 17.4 Å². The molecule has 1 aromatic carbocycles. The number of hydrogen-bond acceptors (Lipinski definition) is 8.